The highest BCUT2D eigenvalue weighted by atomic mass is 32.2. The van der Waals surface area contributed by atoms with E-state index in [-0.39, 0.29) is 23.4 Å². The van der Waals surface area contributed by atoms with Gasteiger partial charge in [-0.1, -0.05) is 31.3 Å². The molecule has 0 bridgehead atoms. The van der Waals surface area contributed by atoms with Gasteiger partial charge in [0.1, 0.15) is 11.1 Å². The molecule has 1 aromatic carbocycles. The van der Waals surface area contributed by atoms with Crippen LogP contribution in [0.1, 0.15) is 62.3 Å². The van der Waals surface area contributed by atoms with E-state index in [1.165, 1.54) is 13.5 Å². The Morgan fingerprint density at radius 2 is 2.03 bits per heavy atom. The van der Waals surface area contributed by atoms with Gasteiger partial charge in [0.05, 0.1) is 31.6 Å². The van der Waals surface area contributed by atoms with Gasteiger partial charge in [-0.2, -0.15) is 5.10 Å². The number of hydrogen-bond donors (Lipinski definition) is 1. The van der Waals surface area contributed by atoms with Crippen LogP contribution < -0.4 is 9.46 Å². The average Bonchev–Trinajstić information content (AvgIpc) is 3.52. The predicted molar refractivity (Wildman–Crippen MR) is 130 cm³/mol. The topological polar surface area (TPSA) is 120 Å². The molecule has 2 aliphatic rings. The van der Waals surface area contributed by atoms with Gasteiger partial charge in [-0.05, 0) is 36.5 Å². The quantitative estimate of drug-likeness (QED) is 0.500. The Kier molecular flexibility index (Phi) is 6.43. The highest BCUT2D eigenvalue weighted by molar-refractivity contribution is 7.92. The first-order valence-corrected chi connectivity index (χ1v) is 13.8. The number of rotatable bonds is 8. The smallest absolute Gasteiger partial charge is 0.234 e. The van der Waals surface area contributed by atoms with Crippen molar-refractivity contribution in [2.24, 2.45) is 5.92 Å². The molecule has 0 radical (unpaired) electrons. The standard InChI is InChI=1S/C24H31N5O5S/c1-3-22(30)28-12-18-13-29(25-19(18)14-28)11-17-9-20(33-2)23-21(10-17)34-26-24(23)27-35(31,32)15-16-7-5-4-6-8-16/h9-10,13,16H,3-8,11-12,14-15H2,1-2H3,(H,26,27). The summed E-state index contributed by atoms with van der Waals surface area (Å²) in [6, 6.07) is 3.67. The number of ether oxygens (including phenoxy) is 1. The van der Waals surface area contributed by atoms with Gasteiger partial charge in [-0.25, -0.2) is 8.42 Å². The van der Waals surface area contributed by atoms with Gasteiger partial charge in [-0.3, -0.25) is 14.2 Å². The van der Waals surface area contributed by atoms with Crippen LogP contribution in [0, 0.1) is 5.92 Å². The van der Waals surface area contributed by atoms with Gasteiger partial charge in [-0.15, -0.1) is 0 Å². The van der Waals surface area contributed by atoms with Crippen molar-refractivity contribution in [2.75, 3.05) is 17.6 Å². The molecule has 0 saturated heterocycles. The lowest BCUT2D eigenvalue weighted by molar-refractivity contribution is -0.131. The molecule has 11 heteroatoms. The summed E-state index contributed by atoms with van der Waals surface area (Å²) in [5.74, 6) is 1.02. The van der Waals surface area contributed by atoms with E-state index in [1.807, 2.05) is 34.8 Å². The van der Waals surface area contributed by atoms with E-state index >= 15 is 0 Å². The van der Waals surface area contributed by atoms with Crippen LogP contribution in [-0.2, 0) is 34.5 Å². The minimum absolute atomic E-state index is 0.0903. The molecule has 35 heavy (non-hydrogen) atoms. The largest absolute Gasteiger partial charge is 0.496 e. The number of nitrogens with zero attached hydrogens (tertiary/aromatic N) is 4. The Bertz CT molecular complexity index is 1320. The van der Waals surface area contributed by atoms with Crippen LogP contribution in [0.2, 0.25) is 0 Å². The molecule has 3 heterocycles. The van der Waals surface area contributed by atoms with Gasteiger partial charge < -0.3 is 14.2 Å². The average molecular weight is 502 g/mol. The number of sulfonamides is 1. The lowest BCUT2D eigenvalue weighted by atomic mass is 9.91. The molecule has 10 nitrogen and oxygen atoms in total. The number of anilines is 1. The summed E-state index contributed by atoms with van der Waals surface area (Å²) in [6.07, 6.45) is 7.67. The van der Waals surface area contributed by atoms with Crippen molar-refractivity contribution in [3.05, 3.63) is 35.2 Å². The van der Waals surface area contributed by atoms with E-state index < -0.39 is 10.0 Å². The molecule has 3 aromatic rings. The number of hydrogen-bond acceptors (Lipinski definition) is 7. The van der Waals surface area contributed by atoms with Crippen LogP contribution in [0.5, 0.6) is 5.75 Å². The van der Waals surface area contributed by atoms with Crippen LogP contribution in [0.4, 0.5) is 5.82 Å². The molecule has 0 atom stereocenters. The molecule has 0 unspecified atom stereocenters. The van der Waals surface area contributed by atoms with E-state index in [0.717, 1.165) is 42.5 Å². The van der Waals surface area contributed by atoms with Gasteiger partial charge in [0, 0.05) is 24.7 Å². The van der Waals surface area contributed by atoms with Crippen molar-refractivity contribution in [2.45, 2.75) is 65.1 Å². The second-order valence-corrected chi connectivity index (χ2v) is 11.3. The van der Waals surface area contributed by atoms with Crippen LogP contribution in [-0.4, -0.2) is 47.0 Å². The zero-order valence-corrected chi connectivity index (χ0v) is 20.9. The van der Waals surface area contributed by atoms with Crippen molar-refractivity contribution in [3.63, 3.8) is 0 Å². The summed E-state index contributed by atoms with van der Waals surface area (Å²) < 4.78 is 41.1. The molecule has 1 aliphatic heterocycles. The third-order valence-corrected chi connectivity index (χ3v) is 8.29. The lowest BCUT2D eigenvalue weighted by Crippen LogP contribution is -2.24. The molecule has 2 aromatic heterocycles. The van der Waals surface area contributed by atoms with Crippen LogP contribution in [0.25, 0.3) is 11.0 Å². The van der Waals surface area contributed by atoms with E-state index in [0.29, 0.717) is 42.8 Å². The van der Waals surface area contributed by atoms with Gasteiger partial charge in [0.2, 0.25) is 15.9 Å². The van der Waals surface area contributed by atoms with Crippen molar-refractivity contribution >= 4 is 32.7 Å². The molecule has 1 fully saturated rings. The molecule has 1 saturated carbocycles. The lowest BCUT2D eigenvalue weighted by Gasteiger charge is -2.21. The zero-order valence-electron chi connectivity index (χ0n) is 20.1. The van der Waals surface area contributed by atoms with Gasteiger partial charge >= 0.3 is 0 Å². The SMILES string of the molecule is CCC(=O)N1Cc2cn(Cc3cc(OC)c4c(NS(=O)(=O)CC5CCCCC5)noc4c3)nc2C1. The zero-order chi connectivity index (χ0) is 24.6. The highest BCUT2D eigenvalue weighted by Crippen LogP contribution is 2.35. The minimum Gasteiger partial charge on any atom is -0.496 e. The molecule has 188 valence electrons. The number of amides is 1. The van der Waals surface area contributed by atoms with Crippen LogP contribution >= 0.6 is 0 Å². The van der Waals surface area contributed by atoms with E-state index in [2.05, 4.69) is 15.0 Å². The maximum absolute atomic E-state index is 12.8. The van der Waals surface area contributed by atoms with E-state index in [9.17, 15) is 13.2 Å². The Hall–Kier alpha value is -3.08. The summed E-state index contributed by atoms with van der Waals surface area (Å²) in [4.78, 5) is 13.8. The Balaban J connectivity index is 1.33. The van der Waals surface area contributed by atoms with Gasteiger partial charge in [0.25, 0.3) is 0 Å². The molecular formula is C24H31N5O5S. The second kappa shape index (κ2) is 9.52. The summed E-state index contributed by atoms with van der Waals surface area (Å²) in [5, 5.41) is 9.14. The van der Waals surface area contributed by atoms with Crippen molar-refractivity contribution < 1.29 is 22.5 Å². The number of carbonyl (C=O) groups excluding carboxylic acids is 1. The third-order valence-electron chi connectivity index (χ3n) is 6.88. The number of benzene rings is 1. The summed E-state index contributed by atoms with van der Waals surface area (Å²) in [6.45, 7) is 3.45. The molecule has 1 aliphatic carbocycles. The number of fused-ring (bicyclic) bond motifs is 2. The Morgan fingerprint density at radius 1 is 1.23 bits per heavy atom. The van der Waals surface area contributed by atoms with Crippen LogP contribution in [0.3, 0.4) is 0 Å². The summed E-state index contributed by atoms with van der Waals surface area (Å²) >= 11 is 0. The second-order valence-electron chi connectivity index (χ2n) is 9.49. The minimum atomic E-state index is -3.56. The van der Waals surface area contributed by atoms with E-state index in [4.69, 9.17) is 9.26 Å². The fourth-order valence-corrected chi connectivity index (χ4v) is 6.61. The van der Waals surface area contributed by atoms with Crippen LogP contribution in [0.15, 0.2) is 22.9 Å². The molecular weight excluding hydrogens is 470 g/mol. The molecule has 1 amide bonds. The monoisotopic (exact) mass is 501 g/mol. The van der Waals surface area contributed by atoms with E-state index in [1.54, 1.807) is 0 Å². The first kappa shape index (κ1) is 23.7. The molecule has 5 rings (SSSR count). The molecule has 1 N–H and O–H groups in total. The first-order chi connectivity index (χ1) is 16.8. The normalized spacial score (nSPS) is 16.6. The summed E-state index contributed by atoms with van der Waals surface area (Å²) in [5.41, 5.74) is 3.28. The Labute approximate surface area is 204 Å². The fourth-order valence-electron chi connectivity index (χ4n) is 5.14. The van der Waals surface area contributed by atoms with Crippen molar-refractivity contribution in [1.29, 1.82) is 0 Å². The number of aromatic nitrogens is 3. The number of carbonyl (C=O) groups is 1. The summed E-state index contributed by atoms with van der Waals surface area (Å²) in [7, 11) is -2.03. The maximum Gasteiger partial charge on any atom is 0.234 e. The highest BCUT2D eigenvalue weighted by Gasteiger charge is 2.27. The third kappa shape index (κ3) is 5.00. The van der Waals surface area contributed by atoms with Crippen molar-refractivity contribution in [1.82, 2.24) is 19.8 Å². The number of nitrogens with one attached hydrogen (secondary N) is 1. The molecule has 0 spiro atoms. The number of methoxy groups -OCH3 is 1. The Morgan fingerprint density at radius 3 is 2.74 bits per heavy atom. The first-order valence-electron chi connectivity index (χ1n) is 12.1. The predicted octanol–water partition coefficient (Wildman–Crippen LogP) is 3.66. The van der Waals surface area contributed by atoms with Gasteiger partial charge in [0.15, 0.2) is 11.4 Å². The maximum atomic E-state index is 12.8. The van der Waals surface area contributed by atoms with Crippen molar-refractivity contribution in [3.8, 4) is 5.75 Å². The fraction of sp³-hybridized carbons (Fsp3) is 0.542.